The van der Waals surface area contributed by atoms with E-state index in [1.54, 1.807) is 34.6 Å². The van der Waals surface area contributed by atoms with E-state index in [1.807, 2.05) is 30.3 Å². The number of nitrogens with zero attached hydrogens (tertiary/aromatic N) is 2. The SMILES string of the molecule is CCC(C(=O)NC(CC(=O)OC(C)(C)C)C(=O)CF)c1c(C)cnn(Cc2ccccc2)c1=O. The van der Waals surface area contributed by atoms with E-state index in [0.29, 0.717) is 5.56 Å². The van der Waals surface area contributed by atoms with Gasteiger partial charge < -0.3 is 10.1 Å². The fraction of sp³-hybridized carbons (Fsp3) is 0.480. The Hall–Kier alpha value is -3.36. The first-order valence-electron chi connectivity index (χ1n) is 11.2. The molecule has 0 saturated carbocycles. The van der Waals surface area contributed by atoms with Crippen molar-refractivity contribution >= 4 is 17.7 Å². The molecule has 0 aliphatic rings. The Bertz CT molecular complexity index is 1080. The summed E-state index contributed by atoms with van der Waals surface area (Å²) in [7, 11) is 0. The van der Waals surface area contributed by atoms with E-state index in [0.717, 1.165) is 5.56 Å². The van der Waals surface area contributed by atoms with Crippen molar-refractivity contribution in [1.29, 1.82) is 0 Å². The third kappa shape index (κ3) is 7.33. The van der Waals surface area contributed by atoms with Crippen molar-refractivity contribution in [3.05, 3.63) is 63.6 Å². The highest BCUT2D eigenvalue weighted by atomic mass is 19.1. The molecule has 8 nitrogen and oxygen atoms in total. The zero-order chi connectivity index (χ0) is 25.5. The summed E-state index contributed by atoms with van der Waals surface area (Å²) >= 11 is 0. The second kappa shape index (κ2) is 11.7. The summed E-state index contributed by atoms with van der Waals surface area (Å²) in [4.78, 5) is 50.7. The zero-order valence-electron chi connectivity index (χ0n) is 20.3. The summed E-state index contributed by atoms with van der Waals surface area (Å²) in [5, 5.41) is 6.65. The minimum atomic E-state index is -1.39. The van der Waals surface area contributed by atoms with Crippen LogP contribution in [0.2, 0.25) is 0 Å². The number of alkyl halides is 1. The molecule has 1 N–H and O–H groups in total. The number of ether oxygens (including phenoxy) is 1. The lowest BCUT2D eigenvalue weighted by molar-refractivity contribution is -0.156. The monoisotopic (exact) mass is 473 g/mol. The summed E-state index contributed by atoms with van der Waals surface area (Å²) in [5.41, 5.74) is 0.419. The van der Waals surface area contributed by atoms with Crippen LogP contribution in [-0.2, 0) is 25.7 Å². The fourth-order valence-corrected chi connectivity index (χ4v) is 3.56. The van der Waals surface area contributed by atoms with Crippen molar-refractivity contribution in [2.75, 3.05) is 6.67 Å². The molecule has 34 heavy (non-hydrogen) atoms. The van der Waals surface area contributed by atoms with E-state index in [4.69, 9.17) is 4.74 Å². The van der Waals surface area contributed by atoms with E-state index in [9.17, 15) is 23.6 Å². The third-order valence-electron chi connectivity index (χ3n) is 5.16. The number of rotatable bonds is 10. The van der Waals surface area contributed by atoms with E-state index in [1.165, 1.54) is 10.9 Å². The molecule has 1 aromatic heterocycles. The summed E-state index contributed by atoms with van der Waals surface area (Å²) in [6.07, 6.45) is 1.26. The van der Waals surface area contributed by atoms with Crippen LogP contribution in [0.1, 0.15) is 63.1 Å². The smallest absolute Gasteiger partial charge is 0.308 e. The number of halogens is 1. The van der Waals surface area contributed by atoms with Crippen molar-refractivity contribution in [2.24, 2.45) is 0 Å². The van der Waals surface area contributed by atoms with Gasteiger partial charge in [0.1, 0.15) is 18.3 Å². The van der Waals surface area contributed by atoms with Crippen molar-refractivity contribution in [3.8, 4) is 0 Å². The maximum Gasteiger partial charge on any atom is 0.308 e. The number of aromatic nitrogens is 2. The Morgan fingerprint density at radius 1 is 1.18 bits per heavy atom. The molecule has 0 aliphatic heterocycles. The molecule has 184 valence electrons. The molecule has 2 atom stereocenters. The third-order valence-corrected chi connectivity index (χ3v) is 5.16. The zero-order valence-corrected chi connectivity index (χ0v) is 20.3. The van der Waals surface area contributed by atoms with Gasteiger partial charge in [-0.25, -0.2) is 9.07 Å². The van der Waals surface area contributed by atoms with Crippen LogP contribution in [0.25, 0.3) is 0 Å². The lowest BCUT2D eigenvalue weighted by Crippen LogP contribution is -2.46. The minimum Gasteiger partial charge on any atom is -0.460 e. The second-order valence-electron chi connectivity index (χ2n) is 9.10. The Kier molecular flexibility index (Phi) is 9.23. The number of hydrogen-bond donors (Lipinski definition) is 1. The van der Waals surface area contributed by atoms with Crippen LogP contribution in [0.3, 0.4) is 0 Å². The molecule has 2 unspecified atom stereocenters. The molecule has 0 fully saturated rings. The molecular weight excluding hydrogens is 441 g/mol. The molecule has 9 heteroatoms. The van der Waals surface area contributed by atoms with Gasteiger partial charge in [0.05, 0.1) is 25.1 Å². The number of Topliss-reactive ketones (excluding diaryl/α,β-unsaturated/α-hetero) is 1. The van der Waals surface area contributed by atoms with Gasteiger partial charge in [-0.05, 0) is 45.2 Å². The second-order valence-corrected chi connectivity index (χ2v) is 9.10. The normalized spacial score (nSPS) is 13.1. The van der Waals surface area contributed by atoms with Gasteiger partial charge in [0.15, 0.2) is 5.78 Å². The highest BCUT2D eigenvalue weighted by molar-refractivity contribution is 5.94. The summed E-state index contributed by atoms with van der Waals surface area (Å²) < 4.78 is 19.6. The number of aryl methyl sites for hydroxylation is 1. The van der Waals surface area contributed by atoms with Crippen molar-refractivity contribution in [2.45, 2.75) is 71.6 Å². The van der Waals surface area contributed by atoms with Gasteiger partial charge in [-0.2, -0.15) is 5.10 Å². The predicted molar refractivity (Wildman–Crippen MR) is 125 cm³/mol. The van der Waals surface area contributed by atoms with Gasteiger partial charge >= 0.3 is 5.97 Å². The number of hydrogen-bond acceptors (Lipinski definition) is 6. The highest BCUT2D eigenvalue weighted by Crippen LogP contribution is 2.20. The molecule has 2 rings (SSSR count). The van der Waals surface area contributed by atoms with Crippen LogP contribution >= 0.6 is 0 Å². The highest BCUT2D eigenvalue weighted by Gasteiger charge is 2.31. The average molecular weight is 474 g/mol. The average Bonchev–Trinajstić information content (AvgIpc) is 2.76. The van der Waals surface area contributed by atoms with E-state index in [2.05, 4.69) is 10.4 Å². The number of carbonyl (C=O) groups is 3. The van der Waals surface area contributed by atoms with Gasteiger partial charge in [0.25, 0.3) is 5.56 Å². The van der Waals surface area contributed by atoms with Crippen LogP contribution in [0.4, 0.5) is 4.39 Å². The van der Waals surface area contributed by atoms with Gasteiger partial charge in [0.2, 0.25) is 5.91 Å². The number of esters is 1. The molecule has 1 aromatic carbocycles. The molecule has 0 aliphatic carbocycles. The molecule has 1 heterocycles. The van der Waals surface area contributed by atoms with Crippen LogP contribution in [-0.4, -0.2) is 45.8 Å². The fourth-order valence-electron chi connectivity index (χ4n) is 3.56. The lowest BCUT2D eigenvalue weighted by Gasteiger charge is -2.24. The summed E-state index contributed by atoms with van der Waals surface area (Å²) in [6.45, 7) is 7.28. The van der Waals surface area contributed by atoms with Crippen LogP contribution in [0.5, 0.6) is 0 Å². The maximum absolute atomic E-state index is 13.2. The lowest BCUT2D eigenvalue weighted by atomic mass is 9.93. The first-order valence-corrected chi connectivity index (χ1v) is 11.2. The summed E-state index contributed by atoms with van der Waals surface area (Å²) in [5.74, 6) is -3.23. The van der Waals surface area contributed by atoms with Crippen molar-refractivity contribution < 1.29 is 23.5 Å². The van der Waals surface area contributed by atoms with Crippen LogP contribution in [0.15, 0.2) is 41.3 Å². The number of benzene rings is 1. The minimum absolute atomic E-state index is 0.229. The molecule has 0 saturated heterocycles. The standard InChI is InChI=1S/C25H32FN3O5/c1-6-18(23(32)28-19(20(30)13-26)12-21(31)34-25(3,4)5)22-16(2)14-27-29(24(22)33)15-17-10-8-7-9-11-17/h7-11,14,18-19H,6,12-13,15H2,1-5H3,(H,28,32). The molecule has 0 bridgehead atoms. The first kappa shape index (κ1) is 26.9. The Morgan fingerprint density at radius 2 is 1.82 bits per heavy atom. The number of ketones is 1. The topological polar surface area (TPSA) is 107 Å². The molecule has 2 aromatic rings. The van der Waals surface area contributed by atoms with Gasteiger partial charge in [-0.15, -0.1) is 0 Å². The van der Waals surface area contributed by atoms with Crippen LogP contribution in [0, 0.1) is 6.92 Å². The van der Waals surface area contributed by atoms with Crippen LogP contribution < -0.4 is 10.9 Å². The number of nitrogens with one attached hydrogen (secondary N) is 1. The summed E-state index contributed by atoms with van der Waals surface area (Å²) in [6, 6.07) is 7.90. The van der Waals surface area contributed by atoms with Crippen molar-refractivity contribution in [1.82, 2.24) is 15.1 Å². The number of amides is 1. The predicted octanol–water partition coefficient (Wildman–Crippen LogP) is 2.85. The van der Waals surface area contributed by atoms with Gasteiger partial charge in [-0.1, -0.05) is 37.3 Å². The molecule has 0 spiro atoms. The maximum atomic E-state index is 13.2. The van der Waals surface area contributed by atoms with Gasteiger partial charge in [0, 0.05) is 5.56 Å². The Morgan fingerprint density at radius 3 is 2.38 bits per heavy atom. The quantitative estimate of drug-likeness (QED) is 0.532. The molecule has 0 radical (unpaired) electrons. The van der Waals surface area contributed by atoms with Gasteiger partial charge in [-0.3, -0.25) is 19.2 Å². The van der Waals surface area contributed by atoms with Crippen molar-refractivity contribution in [3.63, 3.8) is 0 Å². The van der Waals surface area contributed by atoms with E-state index < -0.39 is 53.9 Å². The molecule has 1 amide bonds. The first-order chi connectivity index (χ1) is 16.0. The number of carbonyl (C=O) groups excluding carboxylic acids is 3. The largest absolute Gasteiger partial charge is 0.460 e. The Balaban J connectivity index is 2.30. The van der Waals surface area contributed by atoms with E-state index in [-0.39, 0.29) is 18.5 Å². The van der Waals surface area contributed by atoms with E-state index >= 15 is 0 Å². The Labute approximate surface area is 198 Å². The molecular formula is C25H32FN3O5.